The summed E-state index contributed by atoms with van der Waals surface area (Å²) in [5.41, 5.74) is 1.77. The quantitative estimate of drug-likeness (QED) is 0.206. The number of halogens is 2. The van der Waals surface area contributed by atoms with Gasteiger partial charge in [0.05, 0.1) is 23.8 Å². The number of ether oxygens (including phenoxy) is 2. The first-order chi connectivity index (χ1) is 18.9. The summed E-state index contributed by atoms with van der Waals surface area (Å²) in [5.74, 6) is 1.14. The van der Waals surface area contributed by atoms with Gasteiger partial charge in [0.1, 0.15) is 17.5 Å². The summed E-state index contributed by atoms with van der Waals surface area (Å²) in [7, 11) is 1.61. The summed E-state index contributed by atoms with van der Waals surface area (Å²) < 4.78 is 11.0. The average molecular weight is 572 g/mol. The van der Waals surface area contributed by atoms with Crippen molar-refractivity contribution in [1.82, 2.24) is 10.2 Å². The zero-order valence-electron chi connectivity index (χ0n) is 22.5. The molecule has 0 radical (unpaired) electrons. The molecule has 1 N–H and O–H groups in total. The van der Waals surface area contributed by atoms with Crippen LogP contribution in [-0.4, -0.2) is 43.0 Å². The zero-order valence-corrected chi connectivity index (χ0v) is 24.0. The molecule has 2 amide bonds. The first-order valence-corrected chi connectivity index (χ1v) is 14.0. The van der Waals surface area contributed by atoms with E-state index < -0.39 is 6.04 Å². The largest absolute Gasteiger partial charge is 0.497 e. The minimum absolute atomic E-state index is 0.133. The van der Waals surface area contributed by atoms with Crippen LogP contribution in [0.25, 0.3) is 0 Å². The molecular weight excluding hydrogens is 535 g/mol. The summed E-state index contributed by atoms with van der Waals surface area (Å²) in [5, 5.41) is 3.87. The minimum atomic E-state index is -0.686. The maximum Gasteiger partial charge on any atom is 0.243 e. The Balaban J connectivity index is 1.78. The van der Waals surface area contributed by atoms with Gasteiger partial charge in [-0.05, 0) is 60.4 Å². The highest BCUT2D eigenvalue weighted by molar-refractivity contribution is 6.42. The van der Waals surface area contributed by atoms with Crippen molar-refractivity contribution in [2.45, 2.75) is 51.6 Å². The van der Waals surface area contributed by atoms with E-state index in [4.69, 9.17) is 32.7 Å². The number of hydrogen-bond donors (Lipinski definition) is 1. The van der Waals surface area contributed by atoms with Crippen LogP contribution in [-0.2, 0) is 22.6 Å². The van der Waals surface area contributed by atoms with Gasteiger partial charge in [0.15, 0.2) is 0 Å². The summed E-state index contributed by atoms with van der Waals surface area (Å²) in [4.78, 5) is 28.8. The third-order valence-electron chi connectivity index (χ3n) is 6.30. The highest BCUT2D eigenvalue weighted by Crippen LogP contribution is 2.25. The summed E-state index contributed by atoms with van der Waals surface area (Å²) in [6.07, 6.45) is 2.95. The SMILES string of the molecule is CCCCNC(=O)C(Cc1ccccc1)N(Cc1ccc(Cl)c(Cl)c1)C(=O)CCCOc1ccc(OC)cc1. The molecule has 0 spiro atoms. The third-order valence-corrected chi connectivity index (χ3v) is 7.04. The fourth-order valence-corrected chi connectivity index (χ4v) is 4.44. The maximum absolute atomic E-state index is 13.7. The van der Waals surface area contributed by atoms with Crippen molar-refractivity contribution in [3.8, 4) is 11.5 Å². The second kappa shape index (κ2) is 16.0. The molecule has 3 aromatic carbocycles. The first-order valence-electron chi connectivity index (χ1n) is 13.2. The van der Waals surface area contributed by atoms with Crippen LogP contribution in [0.2, 0.25) is 10.0 Å². The third kappa shape index (κ3) is 9.79. The summed E-state index contributed by atoms with van der Waals surface area (Å²) in [6.45, 7) is 3.23. The number of carbonyl (C=O) groups excluding carboxylic acids is 2. The van der Waals surface area contributed by atoms with Gasteiger partial charge in [-0.15, -0.1) is 0 Å². The van der Waals surface area contributed by atoms with Crippen LogP contribution in [0.4, 0.5) is 0 Å². The lowest BCUT2D eigenvalue weighted by molar-refractivity contribution is -0.141. The number of nitrogens with one attached hydrogen (secondary N) is 1. The summed E-state index contributed by atoms with van der Waals surface area (Å²) >= 11 is 12.4. The molecule has 1 unspecified atom stereocenters. The van der Waals surface area contributed by atoms with Crippen LogP contribution in [0.15, 0.2) is 72.8 Å². The van der Waals surface area contributed by atoms with Crippen molar-refractivity contribution in [2.24, 2.45) is 0 Å². The highest BCUT2D eigenvalue weighted by Gasteiger charge is 2.30. The van der Waals surface area contributed by atoms with E-state index in [0.29, 0.717) is 41.8 Å². The molecule has 0 aliphatic heterocycles. The van der Waals surface area contributed by atoms with Gasteiger partial charge in [-0.1, -0.05) is 72.9 Å². The fourth-order valence-electron chi connectivity index (χ4n) is 4.12. The summed E-state index contributed by atoms with van der Waals surface area (Å²) in [6, 6.07) is 21.6. The Hall–Kier alpha value is -3.22. The van der Waals surface area contributed by atoms with E-state index >= 15 is 0 Å². The molecule has 0 fully saturated rings. The van der Waals surface area contributed by atoms with Crippen molar-refractivity contribution < 1.29 is 19.1 Å². The molecule has 1 atom stereocenters. The number of unbranched alkanes of at least 4 members (excludes halogenated alkanes) is 1. The van der Waals surface area contributed by atoms with Crippen LogP contribution in [0, 0.1) is 0 Å². The number of benzene rings is 3. The van der Waals surface area contributed by atoms with Gasteiger partial charge in [-0.25, -0.2) is 0 Å². The molecule has 0 saturated carbocycles. The van der Waals surface area contributed by atoms with Gasteiger partial charge in [0, 0.05) is 25.9 Å². The predicted molar refractivity (Wildman–Crippen MR) is 157 cm³/mol. The van der Waals surface area contributed by atoms with E-state index in [1.807, 2.05) is 60.7 Å². The van der Waals surface area contributed by atoms with Crippen LogP contribution < -0.4 is 14.8 Å². The maximum atomic E-state index is 13.7. The molecule has 6 nitrogen and oxygen atoms in total. The smallest absolute Gasteiger partial charge is 0.243 e. The Kier molecular flexibility index (Phi) is 12.5. The predicted octanol–water partition coefficient (Wildman–Crippen LogP) is 6.72. The second-order valence-corrected chi connectivity index (χ2v) is 10.1. The zero-order chi connectivity index (χ0) is 28.0. The van der Waals surface area contributed by atoms with E-state index in [1.165, 1.54) is 0 Å². The van der Waals surface area contributed by atoms with Gasteiger partial charge < -0.3 is 19.7 Å². The standard InChI is InChI=1S/C31H36Cl2N2O4/c1-3-4-18-34-31(37)29(21-23-9-6-5-7-10-23)35(22-24-12-17-27(32)28(33)20-24)30(36)11-8-19-39-26-15-13-25(38-2)14-16-26/h5-7,9-10,12-17,20,29H,3-4,8,11,18-19,21-22H2,1-2H3,(H,34,37). The van der Waals surface area contributed by atoms with Gasteiger partial charge >= 0.3 is 0 Å². The lowest BCUT2D eigenvalue weighted by atomic mass is 10.0. The Morgan fingerprint density at radius 2 is 1.62 bits per heavy atom. The van der Waals surface area contributed by atoms with Crippen molar-refractivity contribution in [2.75, 3.05) is 20.3 Å². The second-order valence-electron chi connectivity index (χ2n) is 9.25. The molecule has 0 aliphatic carbocycles. The van der Waals surface area contributed by atoms with Gasteiger partial charge in [0.2, 0.25) is 11.8 Å². The van der Waals surface area contributed by atoms with Crippen LogP contribution >= 0.6 is 23.2 Å². The van der Waals surface area contributed by atoms with E-state index in [-0.39, 0.29) is 24.8 Å². The number of amides is 2. The van der Waals surface area contributed by atoms with E-state index in [0.717, 1.165) is 29.7 Å². The van der Waals surface area contributed by atoms with Crippen molar-refractivity contribution >= 4 is 35.0 Å². The van der Waals surface area contributed by atoms with Crippen LogP contribution in [0.1, 0.15) is 43.7 Å². The minimum Gasteiger partial charge on any atom is -0.497 e. The van der Waals surface area contributed by atoms with Crippen molar-refractivity contribution in [3.63, 3.8) is 0 Å². The van der Waals surface area contributed by atoms with E-state index in [2.05, 4.69) is 12.2 Å². The lowest BCUT2D eigenvalue weighted by Gasteiger charge is -2.32. The van der Waals surface area contributed by atoms with Crippen LogP contribution in [0.5, 0.6) is 11.5 Å². The number of hydrogen-bond acceptors (Lipinski definition) is 4. The van der Waals surface area contributed by atoms with E-state index in [1.54, 1.807) is 24.1 Å². The average Bonchev–Trinajstić information content (AvgIpc) is 2.95. The number of methoxy groups -OCH3 is 1. The van der Waals surface area contributed by atoms with Gasteiger partial charge in [0.25, 0.3) is 0 Å². The number of rotatable bonds is 15. The molecule has 0 aliphatic rings. The molecular formula is C31H36Cl2N2O4. The number of nitrogens with zero attached hydrogens (tertiary/aromatic N) is 1. The Bertz CT molecular complexity index is 1190. The Morgan fingerprint density at radius 1 is 0.897 bits per heavy atom. The molecule has 39 heavy (non-hydrogen) atoms. The number of carbonyl (C=O) groups is 2. The monoisotopic (exact) mass is 570 g/mol. The fraction of sp³-hybridized carbons (Fsp3) is 0.355. The molecule has 0 saturated heterocycles. The molecule has 8 heteroatoms. The molecule has 0 aromatic heterocycles. The lowest BCUT2D eigenvalue weighted by Crippen LogP contribution is -2.50. The molecule has 3 aromatic rings. The van der Waals surface area contributed by atoms with Crippen molar-refractivity contribution in [1.29, 1.82) is 0 Å². The molecule has 0 bridgehead atoms. The van der Waals surface area contributed by atoms with Gasteiger partial charge in [-0.3, -0.25) is 9.59 Å². The first kappa shape index (κ1) is 30.3. The Labute approximate surface area is 241 Å². The Morgan fingerprint density at radius 3 is 2.28 bits per heavy atom. The topological polar surface area (TPSA) is 67.9 Å². The normalized spacial score (nSPS) is 11.5. The molecule has 3 rings (SSSR count). The van der Waals surface area contributed by atoms with Gasteiger partial charge in [-0.2, -0.15) is 0 Å². The molecule has 0 heterocycles. The van der Waals surface area contributed by atoms with Crippen molar-refractivity contribution in [3.05, 3.63) is 94.0 Å². The highest BCUT2D eigenvalue weighted by atomic mass is 35.5. The van der Waals surface area contributed by atoms with Crippen LogP contribution in [0.3, 0.4) is 0 Å². The molecule has 208 valence electrons. The van der Waals surface area contributed by atoms with E-state index in [9.17, 15) is 9.59 Å².